The predicted octanol–water partition coefficient (Wildman–Crippen LogP) is 4.54. The first-order chi connectivity index (χ1) is 16.3. The molecule has 1 N–H and O–H groups in total. The maximum atomic E-state index is 13.8. The number of hydrogen-bond acceptors (Lipinski definition) is 5. The Bertz CT molecular complexity index is 1200. The van der Waals surface area contributed by atoms with Crippen LogP contribution in [-0.2, 0) is 16.6 Å². The first kappa shape index (κ1) is 24.0. The first-order valence-corrected chi connectivity index (χ1v) is 12.4. The normalized spacial score (nSPS) is 15.9. The second-order valence-electron chi connectivity index (χ2n) is 8.79. The summed E-state index contributed by atoms with van der Waals surface area (Å²) in [6.07, 6.45) is 0.858. The summed E-state index contributed by atoms with van der Waals surface area (Å²) in [5.41, 5.74) is 2.43. The number of benzene rings is 2. The molecule has 2 aromatic carbocycles. The van der Waals surface area contributed by atoms with Gasteiger partial charge in [-0.15, -0.1) is 0 Å². The van der Waals surface area contributed by atoms with E-state index in [1.807, 2.05) is 31.3 Å². The Kier molecular flexibility index (Phi) is 7.07. The van der Waals surface area contributed by atoms with Crippen LogP contribution in [0.1, 0.15) is 31.9 Å². The molecule has 180 valence electrons. The van der Waals surface area contributed by atoms with Crippen molar-refractivity contribution in [1.29, 1.82) is 0 Å². The lowest BCUT2D eigenvalue weighted by Crippen LogP contribution is -2.44. The van der Waals surface area contributed by atoms with Crippen molar-refractivity contribution >= 4 is 40.2 Å². The fourth-order valence-corrected chi connectivity index (χ4v) is 5.43. The van der Waals surface area contributed by atoms with E-state index in [4.69, 9.17) is 9.47 Å². The van der Waals surface area contributed by atoms with E-state index >= 15 is 0 Å². The molecule has 0 bridgehead atoms. The van der Waals surface area contributed by atoms with Crippen molar-refractivity contribution in [1.82, 2.24) is 9.88 Å². The van der Waals surface area contributed by atoms with E-state index in [2.05, 4.69) is 23.7 Å². The number of aromatic nitrogens is 1. The van der Waals surface area contributed by atoms with Crippen molar-refractivity contribution in [2.45, 2.75) is 31.3 Å². The quantitative estimate of drug-likeness (QED) is 0.537. The number of fused-ring (bicyclic) bond motifs is 3. The summed E-state index contributed by atoms with van der Waals surface area (Å²) < 4.78 is 13.0. The highest BCUT2D eigenvalue weighted by atomic mass is 32.2. The Morgan fingerprint density at radius 1 is 1.15 bits per heavy atom. The van der Waals surface area contributed by atoms with E-state index in [1.54, 1.807) is 37.3 Å². The van der Waals surface area contributed by atoms with Crippen LogP contribution in [0.25, 0.3) is 10.9 Å². The van der Waals surface area contributed by atoms with Crippen molar-refractivity contribution in [2.75, 3.05) is 31.4 Å². The number of methoxy groups -OCH3 is 2. The zero-order valence-corrected chi connectivity index (χ0v) is 21.1. The second kappa shape index (κ2) is 10.0. The Morgan fingerprint density at radius 3 is 2.47 bits per heavy atom. The summed E-state index contributed by atoms with van der Waals surface area (Å²) in [6, 6.07) is 12.5. The molecule has 1 unspecified atom stereocenters. The highest BCUT2D eigenvalue weighted by Crippen LogP contribution is 2.44. The van der Waals surface area contributed by atoms with E-state index < -0.39 is 6.04 Å². The number of rotatable bonds is 7. The third kappa shape index (κ3) is 4.46. The van der Waals surface area contributed by atoms with Crippen molar-refractivity contribution in [3.63, 3.8) is 0 Å². The lowest BCUT2D eigenvalue weighted by Gasteiger charge is -2.30. The van der Waals surface area contributed by atoms with Gasteiger partial charge in [-0.1, -0.05) is 43.8 Å². The third-order valence-electron chi connectivity index (χ3n) is 6.11. The van der Waals surface area contributed by atoms with Gasteiger partial charge in [0.05, 0.1) is 30.7 Å². The zero-order chi connectivity index (χ0) is 24.4. The molecule has 0 fully saturated rings. The van der Waals surface area contributed by atoms with Gasteiger partial charge < -0.3 is 19.4 Å². The van der Waals surface area contributed by atoms with Gasteiger partial charge in [-0.3, -0.25) is 14.5 Å². The number of carbonyl (C=O) groups excluding carboxylic acids is 2. The minimum atomic E-state index is -0.826. The number of amides is 2. The van der Waals surface area contributed by atoms with Crippen LogP contribution in [0.2, 0.25) is 0 Å². The SMILES string of the molecule is COc1cc(OC)cc(N2C(=O)CSc3c(c4ccccc4n3C)C2C(=O)NCCC(C)C)c1. The molecule has 0 spiro atoms. The van der Waals surface area contributed by atoms with E-state index in [9.17, 15) is 9.59 Å². The summed E-state index contributed by atoms with van der Waals surface area (Å²) in [7, 11) is 5.12. The van der Waals surface area contributed by atoms with Gasteiger partial charge in [-0.2, -0.15) is 0 Å². The molecule has 0 radical (unpaired) electrons. The average Bonchev–Trinajstić information content (AvgIpc) is 3.00. The molecule has 1 atom stereocenters. The molecule has 0 saturated carbocycles. The van der Waals surface area contributed by atoms with Crippen LogP contribution >= 0.6 is 11.8 Å². The molecule has 1 aliphatic heterocycles. The molecule has 8 heteroatoms. The molecule has 34 heavy (non-hydrogen) atoms. The van der Waals surface area contributed by atoms with Crippen molar-refractivity contribution < 1.29 is 19.1 Å². The van der Waals surface area contributed by atoms with Gasteiger partial charge >= 0.3 is 0 Å². The van der Waals surface area contributed by atoms with Gasteiger partial charge in [0.2, 0.25) is 11.8 Å². The molecule has 2 amide bonds. The van der Waals surface area contributed by atoms with Gasteiger partial charge in [0.25, 0.3) is 0 Å². The number of ether oxygens (including phenoxy) is 2. The maximum Gasteiger partial charge on any atom is 0.247 e. The average molecular weight is 482 g/mol. The molecule has 3 aromatic rings. The number of anilines is 1. The predicted molar refractivity (Wildman–Crippen MR) is 136 cm³/mol. The van der Waals surface area contributed by atoms with Gasteiger partial charge in [0.15, 0.2) is 0 Å². The lowest BCUT2D eigenvalue weighted by molar-refractivity contribution is -0.125. The molecule has 0 saturated heterocycles. The summed E-state index contributed by atoms with van der Waals surface area (Å²) in [5.74, 6) is 1.43. The highest BCUT2D eigenvalue weighted by molar-refractivity contribution is 8.00. The monoisotopic (exact) mass is 481 g/mol. The minimum absolute atomic E-state index is 0.149. The fraction of sp³-hybridized carbons (Fsp3) is 0.385. The van der Waals surface area contributed by atoms with Gasteiger partial charge in [0, 0.05) is 48.3 Å². The Hall–Kier alpha value is -3.13. The lowest BCUT2D eigenvalue weighted by atomic mass is 10.0. The number of aryl methyl sites for hydroxylation is 1. The number of para-hydroxylation sites is 1. The van der Waals surface area contributed by atoms with Crippen molar-refractivity contribution in [3.8, 4) is 11.5 Å². The van der Waals surface area contributed by atoms with Gasteiger partial charge in [0.1, 0.15) is 17.5 Å². The smallest absolute Gasteiger partial charge is 0.247 e. The largest absolute Gasteiger partial charge is 0.497 e. The Balaban J connectivity index is 1.91. The summed E-state index contributed by atoms with van der Waals surface area (Å²) in [4.78, 5) is 29.0. The van der Waals surface area contributed by atoms with Crippen LogP contribution in [0.4, 0.5) is 5.69 Å². The van der Waals surface area contributed by atoms with E-state index in [1.165, 1.54) is 11.8 Å². The number of nitrogens with one attached hydrogen (secondary N) is 1. The van der Waals surface area contributed by atoms with Crippen LogP contribution < -0.4 is 19.7 Å². The molecular weight excluding hydrogens is 450 g/mol. The van der Waals surface area contributed by atoms with Crippen molar-refractivity contribution in [3.05, 3.63) is 48.0 Å². The van der Waals surface area contributed by atoms with Gasteiger partial charge in [-0.25, -0.2) is 0 Å². The molecule has 4 rings (SSSR count). The molecule has 1 aromatic heterocycles. The standard InChI is InChI=1S/C26H31N3O4S/c1-16(2)10-11-27-25(31)24-23-20-8-6-7-9-21(20)28(3)26(23)34-15-22(30)29(24)17-12-18(32-4)14-19(13-17)33-5/h6-9,12-14,16,24H,10-11,15H2,1-5H3,(H,27,31). The zero-order valence-electron chi connectivity index (χ0n) is 20.3. The van der Waals surface area contributed by atoms with Crippen LogP contribution in [0, 0.1) is 5.92 Å². The molecule has 7 nitrogen and oxygen atoms in total. The Labute approximate surface area is 204 Å². The number of carbonyl (C=O) groups is 2. The molecule has 1 aliphatic rings. The second-order valence-corrected chi connectivity index (χ2v) is 9.76. The van der Waals surface area contributed by atoms with Crippen LogP contribution in [0.3, 0.4) is 0 Å². The number of hydrogen-bond donors (Lipinski definition) is 1. The number of thioether (sulfide) groups is 1. The molecule has 0 aliphatic carbocycles. The topological polar surface area (TPSA) is 72.8 Å². The molecular formula is C26H31N3O4S. The van der Waals surface area contributed by atoms with Crippen LogP contribution in [0.15, 0.2) is 47.5 Å². The minimum Gasteiger partial charge on any atom is -0.497 e. The van der Waals surface area contributed by atoms with Crippen molar-refractivity contribution in [2.24, 2.45) is 13.0 Å². The highest BCUT2D eigenvalue weighted by Gasteiger charge is 2.40. The fourth-order valence-electron chi connectivity index (χ4n) is 4.36. The summed E-state index contributed by atoms with van der Waals surface area (Å²) in [5, 5.41) is 4.98. The summed E-state index contributed by atoms with van der Waals surface area (Å²) in [6.45, 7) is 4.79. The number of nitrogens with zero attached hydrogens (tertiary/aromatic N) is 2. The third-order valence-corrected chi connectivity index (χ3v) is 7.27. The maximum absolute atomic E-state index is 13.8. The van der Waals surface area contributed by atoms with E-state index in [-0.39, 0.29) is 17.6 Å². The summed E-state index contributed by atoms with van der Waals surface area (Å²) >= 11 is 1.47. The molecule has 2 heterocycles. The van der Waals surface area contributed by atoms with E-state index in [0.29, 0.717) is 29.6 Å². The van der Waals surface area contributed by atoms with Crippen LogP contribution in [0.5, 0.6) is 11.5 Å². The first-order valence-electron chi connectivity index (χ1n) is 11.4. The van der Waals surface area contributed by atoms with Crippen LogP contribution in [-0.4, -0.2) is 42.9 Å². The van der Waals surface area contributed by atoms with E-state index in [0.717, 1.165) is 27.9 Å². The van der Waals surface area contributed by atoms with Gasteiger partial charge in [-0.05, 0) is 18.4 Å². The Morgan fingerprint density at radius 2 is 1.82 bits per heavy atom.